The largest absolute Gasteiger partial charge is 0.475 e. The molecule has 1 unspecified atom stereocenters. The van der Waals surface area contributed by atoms with Crippen molar-refractivity contribution in [3.05, 3.63) is 30.3 Å². The number of rotatable bonds is 11. The number of nitrogens with one attached hydrogen (secondary N) is 2. The molecule has 8 N–H and O–H groups in total. The fourth-order valence-electron chi connectivity index (χ4n) is 4.96. The van der Waals surface area contributed by atoms with Crippen LogP contribution in [0.1, 0.15) is 51.4 Å². The van der Waals surface area contributed by atoms with Crippen molar-refractivity contribution in [3.63, 3.8) is 0 Å². The van der Waals surface area contributed by atoms with Crippen molar-refractivity contribution in [3.8, 4) is 0 Å². The van der Waals surface area contributed by atoms with E-state index in [1.165, 1.54) is 4.31 Å². The Bertz CT molecular complexity index is 1050. The van der Waals surface area contributed by atoms with E-state index < -0.39 is 40.3 Å². The van der Waals surface area contributed by atoms with Gasteiger partial charge in [0.25, 0.3) is 0 Å². The molecule has 1 aromatic carbocycles. The molecule has 2 amide bonds. The van der Waals surface area contributed by atoms with E-state index in [1.54, 1.807) is 30.3 Å². The first-order valence-electron chi connectivity index (χ1n) is 12.6. The summed E-state index contributed by atoms with van der Waals surface area (Å²) in [6.07, 6.45) is 3.59. The first kappa shape index (κ1) is 28.9. The zero-order valence-electron chi connectivity index (χ0n) is 20.9. The van der Waals surface area contributed by atoms with Crippen molar-refractivity contribution in [1.82, 2.24) is 14.9 Å². The molecule has 2 aliphatic rings. The minimum atomic E-state index is -3.60. The summed E-state index contributed by atoms with van der Waals surface area (Å²) in [5, 5.41) is 25.2. The number of guanidine groups is 1. The molecule has 14 heteroatoms. The molecule has 37 heavy (non-hydrogen) atoms. The highest BCUT2D eigenvalue weighted by molar-refractivity contribution is 7.89. The van der Waals surface area contributed by atoms with Gasteiger partial charge in [-0.05, 0) is 50.7 Å². The number of aliphatic imine (C=N–C) groups is 1. The van der Waals surface area contributed by atoms with E-state index in [4.69, 9.17) is 11.5 Å². The summed E-state index contributed by atoms with van der Waals surface area (Å²) in [5.74, 6) is -1.99. The number of carbonyl (C=O) groups is 2. The fourth-order valence-corrected chi connectivity index (χ4v) is 6.45. The Morgan fingerprint density at radius 2 is 1.73 bits per heavy atom. The Kier molecular flexibility index (Phi) is 9.93. The lowest BCUT2D eigenvalue weighted by Gasteiger charge is -2.35. The lowest BCUT2D eigenvalue weighted by Crippen LogP contribution is -2.57. The van der Waals surface area contributed by atoms with Gasteiger partial charge in [-0.3, -0.25) is 14.6 Å². The molecule has 1 heterocycles. The molecule has 12 nitrogen and oxygen atoms in total. The highest BCUT2D eigenvalue weighted by atomic mass is 32.2. The molecule has 1 saturated heterocycles. The molecular formula is C23H37BN6O6S. The number of carbonyl (C=O) groups excluding carboxylic acids is 2. The number of hydrogen-bond donors (Lipinski definition) is 6. The Balaban J connectivity index is 1.59. The predicted molar refractivity (Wildman–Crippen MR) is 139 cm³/mol. The van der Waals surface area contributed by atoms with Gasteiger partial charge in [0.15, 0.2) is 5.96 Å². The van der Waals surface area contributed by atoms with E-state index in [-0.39, 0.29) is 43.0 Å². The predicted octanol–water partition coefficient (Wildman–Crippen LogP) is -0.933. The molecule has 1 aliphatic carbocycles. The van der Waals surface area contributed by atoms with Crippen molar-refractivity contribution >= 4 is 34.9 Å². The topological polar surface area (TPSA) is 200 Å². The second-order valence-corrected chi connectivity index (χ2v) is 11.6. The van der Waals surface area contributed by atoms with Gasteiger partial charge in [-0.15, -0.1) is 0 Å². The van der Waals surface area contributed by atoms with Gasteiger partial charge in [0.05, 0.1) is 10.8 Å². The maximum Gasteiger partial charge on any atom is 0.475 e. The van der Waals surface area contributed by atoms with Gasteiger partial charge in [0.2, 0.25) is 21.8 Å². The minimum absolute atomic E-state index is 0.0739. The van der Waals surface area contributed by atoms with Gasteiger partial charge < -0.3 is 32.1 Å². The summed E-state index contributed by atoms with van der Waals surface area (Å²) in [6, 6.07) is 7.96. The third-order valence-electron chi connectivity index (χ3n) is 7.14. The Hall–Kier alpha value is -2.68. The minimum Gasteiger partial charge on any atom is -0.426 e. The van der Waals surface area contributed by atoms with Crippen LogP contribution < -0.4 is 22.1 Å². The second-order valence-electron chi connectivity index (χ2n) is 9.70. The van der Waals surface area contributed by atoms with Crippen LogP contribution in [0.5, 0.6) is 0 Å². The average molecular weight is 536 g/mol. The van der Waals surface area contributed by atoms with Gasteiger partial charge >= 0.3 is 7.12 Å². The average Bonchev–Trinajstić information content (AvgIpc) is 3.38. The molecule has 204 valence electrons. The number of amides is 2. The highest BCUT2D eigenvalue weighted by Crippen LogP contribution is 2.39. The first-order valence-corrected chi connectivity index (χ1v) is 14.1. The summed E-state index contributed by atoms with van der Waals surface area (Å²) >= 11 is 0. The highest BCUT2D eigenvalue weighted by Gasteiger charge is 2.49. The first-order chi connectivity index (χ1) is 17.6. The summed E-state index contributed by atoms with van der Waals surface area (Å²) in [6.45, 7) is 0.789. The molecule has 1 atom stereocenters. The zero-order chi connectivity index (χ0) is 27.1. The van der Waals surface area contributed by atoms with E-state index in [0.29, 0.717) is 44.9 Å². The smallest absolute Gasteiger partial charge is 0.426 e. The maximum atomic E-state index is 13.4. The maximum absolute atomic E-state index is 13.4. The van der Waals surface area contributed by atoms with Gasteiger partial charge in [-0.2, -0.15) is 4.31 Å². The third-order valence-corrected chi connectivity index (χ3v) is 9.05. The molecule has 0 bridgehead atoms. The summed E-state index contributed by atoms with van der Waals surface area (Å²) in [4.78, 5) is 30.8. The Morgan fingerprint density at radius 3 is 2.30 bits per heavy atom. The van der Waals surface area contributed by atoms with E-state index in [2.05, 4.69) is 15.6 Å². The molecule has 0 spiro atoms. The number of benzene rings is 1. The van der Waals surface area contributed by atoms with E-state index in [9.17, 15) is 28.1 Å². The molecule has 3 rings (SSSR count). The second kappa shape index (κ2) is 12.7. The van der Waals surface area contributed by atoms with Gasteiger partial charge in [-0.25, -0.2) is 8.42 Å². The van der Waals surface area contributed by atoms with Crippen molar-refractivity contribution in [1.29, 1.82) is 0 Å². The normalized spacial score (nSPS) is 19.1. The molecule has 0 aromatic heterocycles. The van der Waals surface area contributed by atoms with Crippen LogP contribution in [0, 0.1) is 5.41 Å². The monoisotopic (exact) mass is 536 g/mol. The molecule has 0 radical (unpaired) electrons. The standard InChI is InChI=1S/C23H37BN6O6S/c25-22(26)27-14-6-9-19(24(33)34)29-21(32)23(12-4-5-13-23)20(31)28-17-10-15-30(16-11-17)37(35,36)18-7-2-1-3-8-18/h1-3,7-8,17,19,33-34H,4-6,9-16H2,(H,28,31)(H,29,32)(H4,25,26,27). The van der Waals surface area contributed by atoms with Crippen LogP contribution in [0.3, 0.4) is 0 Å². The SMILES string of the molecule is NC(N)=NCCCC(NC(=O)C1(C(=O)NC2CCN(S(=O)(=O)c3ccccc3)CC2)CCCC1)B(O)O. The van der Waals surface area contributed by atoms with Crippen molar-refractivity contribution < 1.29 is 28.1 Å². The quantitative estimate of drug-likeness (QED) is 0.0684. The van der Waals surface area contributed by atoms with Crippen molar-refractivity contribution in [2.24, 2.45) is 21.9 Å². The summed E-state index contributed by atoms with van der Waals surface area (Å²) < 4.78 is 27.2. The van der Waals surface area contributed by atoms with Gasteiger partial charge in [0.1, 0.15) is 5.41 Å². The lowest BCUT2D eigenvalue weighted by molar-refractivity contribution is -0.144. The van der Waals surface area contributed by atoms with E-state index >= 15 is 0 Å². The van der Waals surface area contributed by atoms with Crippen LogP contribution >= 0.6 is 0 Å². The van der Waals surface area contributed by atoms with Crippen molar-refractivity contribution in [2.45, 2.75) is 68.2 Å². The Morgan fingerprint density at radius 1 is 1.11 bits per heavy atom. The molecule has 1 aliphatic heterocycles. The van der Waals surface area contributed by atoms with Gasteiger partial charge in [0, 0.05) is 25.7 Å². The van der Waals surface area contributed by atoms with Crippen LogP contribution in [0.25, 0.3) is 0 Å². The Labute approximate surface area is 218 Å². The van der Waals surface area contributed by atoms with E-state index in [0.717, 1.165) is 0 Å². The van der Waals surface area contributed by atoms with Crippen LogP contribution in [0.15, 0.2) is 40.2 Å². The number of hydrogen-bond acceptors (Lipinski definition) is 7. The van der Waals surface area contributed by atoms with Crippen molar-refractivity contribution in [2.75, 3.05) is 19.6 Å². The number of nitrogens with zero attached hydrogens (tertiary/aromatic N) is 2. The zero-order valence-corrected chi connectivity index (χ0v) is 21.7. The number of nitrogens with two attached hydrogens (primary N) is 2. The van der Waals surface area contributed by atoms with Crippen LogP contribution in [0.2, 0.25) is 0 Å². The fraction of sp³-hybridized carbons (Fsp3) is 0.609. The molecule has 2 fully saturated rings. The van der Waals surface area contributed by atoms with E-state index in [1.807, 2.05) is 0 Å². The van der Waals surface area contributed by atoms with Gasteiger partial charge in [-0.1, -0.05) is 31.0 Å². The number of piperidine rings is 1. The lowest BCUT2D eigenvalue weighted by atomic mass is 9.75. The summed E-state index contributed by atoms with van der Waals surface area (Å²) in [7, 11) is -5.41. The third kappa shape index (κ3) is 7.21. The van der Waals surface area contributed by atoms with Crippen LogP contribution in [-0.4, -0.2) is 79.3 Å². The summed E-state index contributed by atoms with van der Waals surface area (Å²) in [5.41, 5.74) is 9.29. The van der Waals surface area contributed by atoms with Crippen LogP contribution in [0.4, 0.5) is 0 Å². The molecular weight excluding hydrogens is 499 g/mol. The number of sulfonamides is 1. The molecule has 1 saturated carbocycles. The molecule has 1 aromatic rings. The van der Waals surface area contributed by atoms with Crippen LogP contribution in [-0.2, 0) is 19.6 Å².